The third kappa shape index (κ3) is 2.49. The zero-order valence-corrected chi connectivity index (χ0v) is 10.0. The molecular weight excluding hydrogens is 279 g/mol. The summed E-state index contributed by atoms with van der Waals surface area (Å²) in [5, 5.41) is 5.99. The number of thiophene rings is 1. The highest BCUT2D eigenvalue weighted by Gasteiger charge is 2.01. The Labute approximate surface area is 99.1 Å². The summed E-state index contributed by atoms with van der Waals surface area (Å²) in [4.78, 5) is 0. The van der Waals surface area contributed by atoms with Gasteiger partial charge in [-0.25, -0.2) is 4.39 Å². The highest BCUT2D eigenvalue weighted by atomic mass is 79.9. The first kappa shape index (κ1) is 10.4. The zero-order chi connectivity index (χ0) is 10.8. The predicted molar refractivity (Wildman–Crippen MR) is 66.1 cm³/mol. The second kappa shape index (κ2) is 4.20. The molecule has 3 N–H and O–H groups in total. The van der Waals surface area contributed by atoms with E-state index in [1.165, 1.54) is 6.07 Å². The van der Waals surface area contributed by atoms with Crippen molar-refractivity contribution in [2.75, 3.05) is 11.1 Å². The van der Waals surface area contributed by atoms with Gasteiger partial charge in [0.25, 0.3) is 0 Å². The lowest BCUT2D eigenvalue weighted by molar-refractivity contribution is 0.633. The van der Waals surface area contributed by atoms with Crippen molar-refractivity contribution in [1.82, 2.24) is 0 Å². The average Bonchev–Trinajstić information content (AvgIpc) is 2.58. The summed E-state index contributed by atoms with van der Waals surface area (Å²) >= 11 is 4.89. The number of hydrogen-bond acceptors (Lipinski definition) is 3. The molecule has 0 amide bonds. The Bertz CT molecular complexity index is 484. The summed E-state index contributed by atoms with van der Waals surface area (Å²) in [5.74, 6) is -0.407. The lowest BCUT2D eigenvalue weighted by Gasteiger charge is -2.04. The monoisotopic (exact) mass is 286 g/mol. The van der Waals surface area contributed by atoms with Crippen LogP contribution in [0.2, 0.25) is 0 Å². The number of rotatable bonds is 2. The summed E-state index contributed by atoms with van der Waals surface area (Å²) in [6.07, 6.45) is 0. The molecule has 2 nitrogen and oxygen atoms in total. The van der Waals surface area contributed by atoms with Gasteiger partial charge in [0.1, 0.15) is 5.82 Å². The summed E-state index contributed by atoms with van der Waals surface area (Å²) in [6, 6.07) is 6.59. The minimum absolute atomic E-state index is 0.160. The molecule has 78 valence electrons. The van der Waals surface area contributed by atoms with Crippen molar-refractivity contribution >= 4 is 43.6 Å². The fourth-order valence-electron chi connectivity index (χ4n) is 1.13. The van der Waals surface area contributed by atoms with E-state index in [1.54, 1.807) is 23.5 Å². The largest absolute Gasteiger partial charge is 0.396 e. The van der Waals surface area contributed by atoms with E-state index in [0.29, 0.717) is 5.69 Å². The van der Waals surface area contributed by atoms with Crippen molar-refractivity contribution in [2.24, 2.45) is 0 Å². The molecule has 0 aliphatic rings. The van der Waals surface area contributed by atoms with Crippen LogP contribution in [0, 0.1) is 5.82 Å². The van der Waals surface area contributed by atoms with Gasteiger partial charge in [-0.2, -0.15) is 0 Å². The van der Waals surface area contributed by atoms with Crippen LogP contribution in [0.4, 0.5) is 20.8 Å². The Morgan fingerprint density at radius 3 is 2.73 bits per heavy atom. The van der Waals surface area contributed by atoms with E-state index in [4.69, 9.17) is 5.73 Å². The molecule has 5 heteroatoms. The van der Waals surface area contributed by atoms with Crippen LogP contribution in [0.25, 0.3) is 0 Å². The molecule has 1 heterocycles. The Morgan fingerprint density at radius 2 is 2.13 bits per heavy atom. The normalized spacial score (nSPS) is 10.3. The van der Waals surface area contributed by atoms with Crippen molar-refractivity contribution in [3.05, 3.63) is 39.9 Å². The Kier molecular flexibility index (Phi) is 2.93. The highest BCUT2D eigenvalue weighted by molar-refractivity contribution is 9.10. The number of nitrogens with one attached hydrogen (secondary N) is 1. The quantitative estimate of drug-likeness (QED) is 0.820. The lowest BCUT2D eigenvalue weighted by atomic mass is 10.3. The molecule has 0 fully saturated rings. The highest BCUT2D eigenvalue weighted by Crippen LogP contribution is 2.28. The fraction of sp³-hybridized carbons (Fsp3) is 0. The van der Waals surface area contributed by atoms with Crippen molar-refractivity contribution in [3.63, 3.8) is 0 Å². The smallest absolute Gasteiger partial charge is 0.148 e. The van der Waals surface area contributed by atoms with E-state index >= 15 is 0 Å². The molecule has 2 aromatic rings. The van der Waals surface area contributed by atoms with Crippen molar-refractivity contribution in [3.8, 4) is 0 Å². The molecule has 0 spiro atoms. The van der Waals surface area contributed by atoms with Gasteiger partial charge in [0, 0.05) is 15.5 Å². The van der Waals surface area contributed by atoms with Crippen molar-refractivity contribution in [2.45, 2.75) is 0 Å². The molecule has 0 saturated heterocycles. The molecule has 2 rings (SSSR count). The molecule has 1 aromatic heterocycles. The van der Waals surface area contributed by atoms with Crippen molar-refractivity contribution < 1.29 is 4.39 Å². The third-order valence-electron chi connectivity index (χ3n) is 1.84. The van der Waals surface area contributed by atoms with Crippen LogP contribution in [-0.2, 0) is 0 Å². The molecule has 0 bridgehead atoms. The second-order valence-corrected chi connectivity index (χ2v) is 4.82. The first-order valence-corrected chi connectivity index (χ1v) is 5.88. The lowest BCUT2D eigenvalue weighted by Crippen LogP contribution is -1.93. The number of anilines is 3. The van der Waals surface area contributed by atoms with Gasteiger partial charge in [-0.1, -0.05) is 0 Å². The van der Waals surface area contributed by atoms with Crippen LogP contribution in [0.3, 0.4) is 0 Å². The molecule has 0 atom stereocenters. The fourth-order valence-corrected chi connectivity index (χ4v) is 2.47. The van der Waals surface area contributed by atoms with Gasteiger partial charge in [0.05, 0.1) is 10.7 Å². The van der Waals surface area contributed by atoms with Gasteiger partial charge < -0.3 is 11.1 Å². The maximum absolute atomic E-state index is 13.1. The summed E-state index contributed by atoms with van der Waals surface area (Å²) in [5.41, 5.74) is 6.23. The zero-order valence-electron chi connectivity index (χ0n) is 7.63. The standard InChI is InChI=1S/C10H8BrFN2S/c11-6-3-10(15-5-6)14-7-1-2-9(13)8(12)4-7/h1-5,14H,13H2. The molecule has 0 aliphatic carbocycles. The first-order valence-electron chi connectivity index (χ1n) is 4.21. The SMILES string of the molecule is Nc1ccc(Nc2cc(Br)cs2)cc1F. The average molecular weight is 287 g/mol. The van der Waals surface area contributed by atoms with Crippen LogP contribution in [0.15, 0.2) is 34.1 Å². The molecule has 0 radical (unpaired) electrons. The van der Waals surface area contributed by atoms with Crippen LogP contribution in [-0.4, -0.2) is 0 Å². The number of benzene rings is 1. The molecule has 0 unspecified atom stereocenters. The second-order valence-electron chi connectivity index (χ2n) is 2.99. The van der Waals surface area contributed by atoms with E-state index in [9.17, 15) is 4.39 Å². The van der Waals surface area contributed by atoms with Gasteiger partial charge in [-0.05, 0) is 40.2 Å². The van der Waals surface area contributed by atoms with Gasteiger partial charge >= 0.3 is 0 Å². The third-order valence-corrected chi connectivity index (χ3v) is 3.44. The minimum Gasteiger partial charge on any atom is -0.396 e. The van der Waals surface area contributed by atoms with Crippen molar-refractivity contribution in [1.29, 1.82) is 0 Å². The van der Waals surface area contributed by atoms with E-state index < -0.39 is 5.82 Å². The number of halogens is 2. The Hall–Kier alpha value is -1.07. The van der Waals surface area contributed by atoms with Gasteiger partial charge in [-0.3, -0.25) is 0 Å². The summed E-state index contributed by atoms with van der Waals surface area (Å²) in [7, 11) is 0. The predicted octanol–water partition coefficient (Wildman–Crippen LogP) is 3.98. The van der Waals surface area contributed by atoms with E-state index in [1.807, 2.05) is 11.4 Å². The molecule has 15 heavy (non-hydrogen) atoms. The van der Waals surface area contributed by atoms with Crippen LogP contribution in [0.1, 0.15) is 0 Å². The van der Waals surface area contributed by atoms with Crippen LogP contribution >= 0.6 is 27.3 Å². The number of nitrogen functional groups attached to an aromatic ring is 1. The van der Waals surface area contributed by atoms with E-state index in [2.05, 4.69) is 21.2 Å². The summed E-state index contributed by atoms with van der Waals surface area (Å²) < 4.78 is 14.1. The van der Waals surface area contributed by atoms with Crippen LogP contribution in [0.5, 0.6) is 0 Å². The molecule has 1 aromatic carbocycles. The molecule has 0 saturated carbocycles. The molecular formula is C10H8BrFN2S. The summed E-state index contributed by atoms with van der Waals surface area (Å²) in [6.45, 7) is 0. The minimum atomic E-state index is -0.407. The van der Waals surface area contributed by atoms with Gasteiger partial charge in [-0.15, -0.1) is 11.3 Å². The van der Waals surface area contributed by atoms with Gasteiger partial charge in [0.15, 0.2) is 0 Å². The Balaban J connectivity index is 2.21. The van der Waals surface area contributed by atoms with E-state index in [-0.39, 0.29) is 5.69 Å². The molecule has 0 aliphatic heterocycles. The maximum Gasteiger partial charge on any atom is 0.148 e. The number of hydrogen-bond donors (Lipinski definition) is 2. The van der Waals surface area contributed by atoms with Gasteiger partial charge in [0.2, 0.25) is 0 Å². The first-order chi connectivity index (χ1) is 7.15. The Morgan fingerprint density at radius 1 is 1.33 bits per heavy atom. The number of nitrogens with two attached hydrogens (primary N) is 1. The topological polar surface area (TPSA) is 38.0 Å². The van der Waals surface area contributed by atoms with E-state index in [0.717, 1.165) is 9.47 Å². The maximum atomic E-state index is 13.1. The van der Waals surface area contributed by atoms with Crippen LogP contribution < -0.4 is 11.1 Å².